The van der Waals surface area contributed by atoms with Gasteiger partial charge in [-0.15, -0.1) is 0 Å². The van der Waals surface area contributed by atoms with Crippen LogP contribution in [0.25, 0.3) is 0 Å². The second-order valence-corrected chi connectivity index (χ2v) is 10.5. The van der Waals surface area contributed by atoms with Gasteiger partial charge in [0, 0.05) is 7.94 Å². The molecule has 0 fully saturated rings. The van der Waals surface area contributed by atoms with Gasteiger partial charge in [0.25, 0.3) is 0 Å². The van der Waals surface area contributed by atoms with Crippen molar-refractivity contribution < 1.29 is 0 Å². The monoisotopic (exact) mass is 192 g/mol. The van der Waals surface area contributed by atoms with Crippen LogP contribution >= 0.6 is 0 Å². The van der Waals surface area contributed by atoms with Crippen LogP contribution in [-0.2, 0) is 0 Å². The molecule has 1 unspecified atom stereocenters. The van der Waals surface area contributed by atoms with Gasteiger partial charge < -0.3 is 0 Å². The normalized spacial score (nSPS) is 17.2. The molecule has 0 saturated carbocycles. The summed E-state index contributed by atoms with van der Waals surface area (Å²) in [4.78, 5) is 0. The molecule has 0 bridgehead atoms. The second-order valence-electron chi connectivity index (χ2n) is 5.99. The highest BCUT2D eigenvalue weighted by Crippen LogP contribution is 2.52. The van der Waals surface area contributed by atoms with Crippen molar-refractivity contribution in [2.75, 3.05) is 0 Å². The molecule has 0 aromatic rings. The summed E-state index contributed by atoms with van der Waals surface area (Å²) in [7, 11) is 10.8. The zero-order valence-corrected chi connectivity index (χ0v) is 11.2. The smallest absolute Gasteiger partial charge is 0.0746 e. The maximum atomic E-state index is 6.25. The van der Waals surface area contributed by atoms with E-state index in [4.69, 9.17) is 15.3 Å². The van der Waals surface area contributed by atoms with Gasteiger partial charge in [0.2, 0.25) is 0 Å². The maximum Gasteiger partial charge on any atom is 0.0746 e. The molecule has 0 nitrogen and oxygen atoms in total. The summed E-state index contributed by atoms with van der Waals surface area (Å²) >= 11 is 0. The summed E-state index contributed by atoms with van der Waals surface area (Å²) in [6, 6.07) is 0. The predicted octanol–water partition coefficient (Wildman–Crippen LogP) is 3.14. The van der Waals surface area contributed by atoms with E-state index in [0.29, 0.717) is 5.54 Å². The van der Waals surface area contributed by atoms with E-state index < -0.39 is 7.94 Å². The highest BCUT2D eigenvalue weighted by Gasteiger charge is 2.42. The Kier molecular flexibility index (Phi) is 3.58. The van der Waals surface area contributed by atoms with Crippen molar-refractivity contribution in [1.29, 1.82) is 0 Å². The average Bonchev–Trinajstić information content (AvgIpc) is 1.81. The molecule has 0 aliphatic carbocycles. The van der Waals surface area contributed by atoms with Gasteiger partial charge in [0.1, 0.15) is 0 Å². The largest absolute Gasteiger partial charge is 0.0756 e. The van der Waals surface area contributed by atoms with E-state index in [0.717, 1.165) is 0 Å². The van der Waals surface area contributed by atoms with E-state index >= 15 is 0 Å². The van der Waals surface area contributed by atoms with Crippen molar-refractivity contribution in [3.8, 4) is 0 Å². The summed E-state index contributed by atoms with van der Waals surface area (Å²) in [6.45, 7) is 15.3. The Balaban J connectivity index is 4.86. The van der Waals surface area contributed by atoms with Gasteiger partial charge in [0.05, 0.1) is 15.3 Å². The first-order valence-electron chi connectivity index (χ1n) is 4.98. The highest BCUT2D eigenvalue weighted by molar-refractivity contribution is 7.16. The van der Waals surface area contributed by atoms with Crippen LogP contribution < -0.4 is 0 Å². The molecule has 1 atom stereocenters. The molecule has 0 heterocycles. The second kappa shape index (κ2) is 3.49. The molecule has 0 amide bonds. The van der Waals surface area contributed by atoms with E-state index in [9.17, 15) is 0 Å². The molecule has 0 spiro atoms. The van der Waals surface area contributed by atoms with E-state index in [1.54, 1.807) is 0 Å². The summed E-state index contributed by atoms with van der Waals surface area (Å²) in [5.74, 6) is 0. The van der Waals surface area contributed by atoms with Crippen molar-refractivity contribution in [2.24, 2.45) is 5.41 Å². The van der Waals surface area contributed by atoms with Gasteiger partial charge >= 0.3 is 0 Å². The molecule has 72 valence electrons. The van der Waals surface area contributed by atoms with Crippen LogP contribution in [0.15, 0.2) is 0 Å². The Hall–Kier alpha value is 0.347. The van der Waals surface area contributed by atoms with Crippen LogP contribution in [0, 0.1) is 5.41 Å². The summed E-state index contributed by atoms with van der Waals surface area (Å²) < 4.78 is 0. The van der Waals surface area contributed by atoms with Crippen molar-refractivity contribution in [1.82, 2.24) is 0 Å². The maximum absolute atomic E-state index is 6.25. The fourth-order valence-corrected chi connectivity index (χ4v) is 3.72. The molecule has 0 saturated heterocycles. The molecule has 3 heteroatoms. The van der Waals surface area contributed by atoms with E-state index in [1.165, 1.54) is 0 Å². The Bertz CT molecular complexity index is 174. The van der Waals surface area contributed by atoms with Gasteiger partial charge in [-0.05, 0) is 5.41 Å². The van der Waals surface area contributed by atoms with Crippen LogP contribution in [0.4, 0.5) is 0 Å². The minimum atomic E-state index is -1.59. The van der Waals surface area contributed by atoms with Gasteiger partial charge in [-0.25, -0.2) is 0 Å². The molecule has 0 aliphatic heterocycles. The first kappa shape index (κ1) is 13.3. The fourth-order valence-electron chi connectivity index (χ4n) is 1.49. The van der Waals surface area contributed by atoms with Crippen molar-refractivity contribution in [3.63, 3.8) is 0 Å². The molecule has 0 N–H and O–H groups in total. The zero-order chi connectivity index (χ0) is 11.1. The van der Waals surface area contributed by atoms with Crippen LogP contribution in [0.3, 0.4) is 0 Å². The first-order valence-corrected chi connectivity index (χ1v) is 8.14. The van der Waals surface area contributed by atoms with Gasteiger partial charge in [-0.3, -0.25) is 0 Å². The highest BCUT2D eigenvalue weighted by atomic mass is 28.3. The SMILES string of the molecule is [B]C(C)(C)C(C)(C)C(C)[Si]([B])(C)C. The quantitative estimate of drug-likeness (QED) is 0.602. The third-order valence-corrected chi connectivity index (χ3v) is 6.81. The van der Waals surface area contributed by atoms with Crippen molar-refractivity contribution >= 4 is 23.2 Å². The summed E-state index contributed by atoms with van der Waals surface area (Å²) in [5, 5.41) is -0.171. The van der Waals surface area contributed by atoms with E-state index in [-0.39, 0.29) is 10.7 Å². The number of hydrogen-bond acceptors (Lipinski definition) is 0. The lowest BCUT2D eigenvalue weighted by Gasteiger charge is -2.49. The predicted molar refractivity (Wildman–Crippen MR) is 66.2 cm³/mol. The molecular formula is C10H22B2Si. The molecule has 0 aliphatic rings. The minimum Gasteiger partial charge on any atom is -0.0756 e. The van der Waals surface area contributed by atoms with Gasteiger partial charge in [0.15, 0.2) is 0 Å². The van der Waals surface area contributed by atoms with E-state index in [2.05, 4.69) is 47.7 Å². The molecule has 13 heavy (non-hydrogen) atoms. The minimum absolute atomic E-state index is 0.0947. The number of rotatable bonds is 3. The first-order chi connectivity index (χ1) is 5.40. The fraction of sp³-hybridized carbons (Fsp3) is 1.00. The molecule has 0 rings (SSSR count). The molecule has 4 radical (unpaired) electrons. The Morgan fingerprint density at radius 2 is 1.38 bits per heavy atom. The lowest BCUT2D eigenvalue weighted by atomic mass is 9.55. The number of hydrogen-bond donors (Lipinski definition) is 0. The summed E-state index contributed by atoms with van der Waals surface area (Å²) in [5.41, 5.74) is 0.609. The lowest BCUT2D eigenvalue weighted by molar-refractivity contribution is 0.253. The standard InChI is InChI=1S/C10H22B2Si/c1-8(13(6,7)12)9(2,3)10(4,5)11/h8H,1-7H3. The topological polar surface area (TPSA) is 0 Å². The Labute approximate surface area is 87.6 Å². The van der Waals surface area contributed by atoms with Gasteiger partial charge in [-0.1, -0.05) is 58.6 Å². The zero-order valence-electron chi connectivity index (χ0n) is 10.2. The van der Waals surface area contributed by atoms with Crippen LogP contribution in [-0.4, -0.2) is 23.2 Å². The lowest BCUT2D eigenvalue weighted by Crippen LogP contribution is -2.44. The van der Waals surface area contributed by atoms with Crippen LogP contribution in [0.2, 0.25) is 23.9 Å². The average molecular weight is 192 g/mol. The Morgan fingerprint density at radius 1 is 1.08 bits per heavy atom. The van der Waals surface area contributed by atoms with E-state index in [1.807, 2.05) is 0 Å². The van der Waals surface area contributed by atoms with Crippen LogP contribution in [0.1, 0.15) is 34.6 Å². The van der Waals surface area contributed by atoms with Crippen molar-refractivity contribution in [2.45, 2.75) is 58.6 Å². The molecule has 0 aromatic heterocycles. The molecular weight excluding hydrogens is 170 g/mol. The molecule has 0 aromatic carbocycles. The third-order valence-electron chi connectivity index (χ3n) is 3.86. The van der Waals surface area contributed by atoms with Crippen molar-refractivity contribution in [3.05, 3.63) is 0 Å². The van der Waals surface area contributed by atoms with Crippen LogP contribution in [0.5, 0.6) is 0 Å². The Morgan fingerprint density at radius 3 is 1.46 bits per heavy atom. The van der Waals surface area contributed by atoms with Gasteiger partial charge in [-0.2, -0.15) is 0 Å². The third kappa shape index (κ3) is 2.90. The summed E-state index contributed by atoms with van der Waals surface area (Å²) in [6.07, 6.45) is 0.